The number of benzene rings is 2. The van der Waals surface area contributed by atoms with Crippen LogP contribution in [-0.2, 0) is 14.6 Å². The van der Waals surface area contributed by atoms with Gasteiger partial charge in [0, 0.05) is 24.4 Å². The Hall–Kier alpha value is -2.09. The summed E-state index contributed by atoms with van der Waals surface area (Å²) < 4.78 is 23.4. The third kappa shape index (κ3) is 4.94. The molecule has 6 nitrogen and oxygen atoms in total. The monoisotopic (exact) mass is 400 g/mol. The molecule has 2 aromatic rings. The van der Waals surface area contributed by atoms with E-state index >= 15 is 0 Å². The molecule has 2 aromatic carbocycles. The molecule has 0 atom stereocenters. The Morgan fingerprint density at radius 1 is 0.960 bits per heavy atom. The Bertz CT molecular complexity index is 959. The molecule has 0 aromatic heterocycles. The van der Waals surface area contributed by atoms with Crippen LogP contribution in [-0.4, -0.2) is 26.5 Å². The summed E-state index contributed by atoms with van der Waals surface area (Å²) in [5, 5.41) is 5.41. The molecule has 2 N–H and O–H groups in total. The number of carbonyl (C=O) groups excluding carboxylic acids is 2. The average molecular weight is 401 g/mol. The summed E-state index contributed by atoms with van der Waals surface area (Å²) in [6, 6.07) is 8.54. The van der Waals surface area contributed by atoms with Gasteiger partial charge in [-0.2, -0.15) is 0 Å². The van der Waals surface area contributed by atoms with Gasteiger partial charge in [-0.05, 0) is 36.4 Å². The Morgan fingerprint density at radius 2 is 1.64 bits per heavy atom. The number of carbonyl (C=O) groups is 2. The maximum atomic E-state index is 12.3. The summed E-state index contributed by atoms with van der Waals surface area (Å²) in [5.41, 5.74) is 0.921. The molecule has 0 aliphatic carbocycles. The van der Waals surface area contributed by atoms with Gasteiger partial charge in [0.2, 0.25) is 5.91 Å². The lowest BCUT2D eigenvalue weighted by Crippen LogP contribution is -2.13. The lowest BCUT2D eigenvalue weighted by molar-refractivity contribution is -0.114. The van der Waals surface area contributed by atoms with Crippen molar-refractivity contribution in [1.82, 2.24) is 0 Å². The Balaban J connectivity index is 2.27. The third-order valence-corrected chi connectivity index (χ3v) is 5.02. The molecular formula is C16H14Cl2N2O4S. The van der Waals surface area contributed by atoms with Crippen LogP contribution in [0.4, 0.5) is 11.4 Å². The number of rotatable bonds is 4. The number of nitrogens with one attached hydrogen (secondary N) is 2. The predicted octanol–water partition coefficient (Wildman–Crippen LogP) is 3.61. The first kappa shape index (κ1) is 19.2. The van der Waals surface area contributed by atoms with Crippen LogP contribution < -0.4 is 10.6 Å². The highest BCUT2D eigenvalue weighted by atomic mass is 35.5. The van der Waals surface area contributed by atoms with Gasteiger partial charge in [0.05, 0.1) is 20.6 Å². The van der Waals surface area contributed by atoms with Crippen molar-refractivity contribution < 1.29 is 18.0 Å². The molecule has 0 saturated carbocycles. The van der Waals surface area contributed by atoms with Crippen molar-refractivity contribution in [3.8, 4) is 0 Å². The van der Waals surface area contributed by atoms with E-state index < -0.39 is 15.7 Å². The van der Waals surface area contributed by atoms with E-state index in [0.717, 1.165) is 6.26 Å². The van der Waals surface area contributed by atoms with Gasteiger partial charge >= 0.3 is 0 Å². The SMILES string of the molecule is CC(=O)Nc1ccc(NC(=O)c2ccc(Cl)c(S(C)(=O)=O)c2)c(Cl)c1. The van der Waals surface area contributed by atoms with Crippen LogP contribution in [0.25, 0.3) is 0 Å². The van der Waals surface area contributed by atoms with Crippen LogP contribution in [0.3, 0.4) is 0 Å². The minimum absolute atomic E-state index is 0.0387. The van der Waals surface area contributed by atoms with Gasteiger partial charge in [0.15, 0.2) is 9.84 Å². The summed E-state index contributed by atoms with van der Waals surface area (Å²) >= 11 is 12.0. The molecule has 9 heteroatoms. The largest absolute Gasteiger partial charge is 0.326 e. The molecule has 2 amide bonds. The smallest absolute Gasteiger partial charge is 0.255 e. The van der Waals surface area contributed by atoms with Crippen molar-refractivity contribution in [3.05, 3.63) is 52.0 Å². The molecule has 25 heavy (non-hydrogen) atoms. The number of hydrogen-bond acceptors (Lipinski definition) is 4. The lowest BCUT2D eigenvalue weighted by Gasteiger charge is -2.10. The van der Waals surface area contributed by atoms with Crippen LogP contribution in [0.2, 0.25) is 10.0 Å². The highest BCUT2D eigenvalue weighted by molar-refractivity contribution is 7.90. The quantitative estimate of drug-likeness (QED) is 0.819. The summed E-state index contributed by atoms with van der Waals surface area (Å²) in [6.45, 7) is 1.36. The van der Waals surface area contributed by atoms with E-state index in [0.29, 0.717) is 11.4 Å². The van der Waals surface area contributed by atoms with Crippen molar-refractivity contribution in [2.24, 2.45) is 0 Å². The number of sulfone groups is 1. The van der Waals surface area contributed by atoms with Crippen LogP contribution >= 0.6 is 23.2 Å². The van der Waals surface area contributed by atoms with Gasteiger partial charge in [0.25, 0.3) is 5.91 Å². The zero-order valence-corrected chi connectivity index (χ0v) is 15.6. The standard InChI is InChI=1S/C16H14Cl2N2O4S/c1-9(21)19-11-4-6-14(13(18)8-11)20-16(22)10-3-5-12(17)15(7-10)25(2,23)24/h3-8H,1-2H3,(H,19,21)(H,20,22). The Labute approximate surface area is 155 Å². The number of amides is 2. The molecule has 0 bridgehead atoms. The van der Waals surface area contributed by atoms with Crippen LogP contribution in [0.15, 0.2) is 41.3 Å². The average Bonchev–Trinajstić information content (AvgIpc) is 2.48. The molecule has 0 aliphatic rings. The predicted molar refractivity (Wildman–Crippen MR) is 98.3 cm³/mol. The first-order chi connectivity index (χ1) is 11.6. The molecular weight excluding hydrogens is 387 g/mol. The van der Waals surface area contributed by atoms with Crippen molar-refractivity contribution >= 4 is 56.2 Å². The van der Waals surface area contributed by atoms with E-state index in [1.165, 1.54) is 37.3 Å². The van der Waals surface area contributed by atoms with E-state index in [1.807, 2.05) is 0 Å². The molecule has 0 aliphatic heterocycles. The fourth-order valence-electron chi connectivity index (χ4n) is 2.02. The Morgan fingerprint density at radius 3 is 2.20 bits per heavy atom. The fraction of sp³-hybridized carbons (Fsp3) is 0.125. The van der Waals surface area contributed by atoms with Crippen LogP contribution in [0.1, 0.15) is 17.3 Å². The molecule has 2 rings (SSSR count). The Kier molecular flexibility index (Phi) is 5.72. The van der Waals surface area contributed by atoms with Crippen LogP contribution in [0, 0.1) is 0 Å². The zero-order chi connectivity index (χ0) is 18.8. The second-order valence-corrected chi connectivity index (χ2v) is 8.05. The lowest BCUT2D eigenvalue weighted by atomic mass is 10.2. The highest BCUT2D eigenvalue weighted by Crippen LogP contribution is 2.27. The van der Waals surface area contributed by atoms with Crippen molar-refractivity contribution in [1.29, 1.82) is 0 Å². The van der Waals surface area contributed by atoms with E-state index in [2.05, 4.69) is 10.6 Å². The van der Waals surface area contributed by atoms with E-state index in [-0.39, 0.29) is 26.4 Å². The van der Waals surface area contributed by atoms with Gasteiger partial charge in [-0.15, -0.1) is 0 Å². The number of halogens is 2. The van der Waals surface area contributed by atoms with E-state index in [4.69, 9.17) is 23.2 Å². The van der Waals surface area contributed by atoms with Gasteiger partial charge in [0.1, 0.15) is 0 Å². The van der Waals surface area contributed by atoms with Gasteiger partial charge < -0.3 is 10.6 Å². The molecule has 0 saturated heterocycles. The zero-order valence-electron chi connectivity index (χ0n) is 13.3. The highest BCUT2D eigenvalue weighted by Gasteiger charge is 2.16. The molecule has 132 valence electrons. The number of hydrogen-bond donors (Lipinski definition) is 2. The van der Waals surface area contributed by atoms with Crippen molar-refractivity contribution in [2.45, 2.75) is 11.8 Å². The summed E-state index contributed by atoms with van der Waals surface area (Å²) in [6.07, 6.45) is 1.01. The van der Waals surface area contributed by atoms with Gasteiger partial charge in [-0.3, -0.25) is 9.59 Å². The van der Waals surface area contributed by atoms with Crippen LogP contribution in [0.5, 0.6) is 0 Å². The van der Waals surface area contributed by atoms with E-state index in [9.17, 15) is 18.0 Å². The molecule has 0 radical (unpaired) electrons. The first-order valence-corrected chi connectivity index (χ1v) is 9.61. The maximum absolute atomic E-state index is 12.3. The minimum Gasteiger partial charge on any atom is -0.326 e. The molecule has 0 heterocycles. The van der Waals surface area contributed by atoms with Crippen molar-refractivity contribution in [2.75, 3.05) is 16.9 Å². The first-order valence-electron chi connectivity index (χ1n) is 6.96. The summed E-state index contributed by atoms with van der Waals surface area (Å²) in [7, 11) is -3.57. The van der Waals surface area contributed by atoms with Gasteiger partial charge in [-0.25, -0.2) is 8.42 Å². The van der Waals surface area contributed by atoms with Crippen molar-refractivity contribution in [3.63, 3.8) is 0 Å². The second-order valence-electron chi connectivity index (χ2n) is 5.25. The minimum atomic E-state index is -3.57. The summed E-state index contributed by atoms with van der Waals surface area (Å²) in [4.78, 5) is 23.2. The normalized spacial score (nSPS) is 11.0. The van der Waals surface area contributed by atoms with Gasteiger partial charge in [-0.1, -0.05) is 23.2 Å². The summed E-state index contributed by atoms with van der Waals surface area (Å²) in [5.74, 6) is -0.793. The maximum Gasteiger partial charge on any atom is 0.255 e. The fourth-order valence-corrected chi connectivity index (χ4v) is 3.55. The number of anilines is 2. The molecule has 0 fully saturated rings. The molecule has 0 spiro atoms. The second kappa shape index (κ2) is 7.43. The van der Waals surface area contributed by atoms with E-state index in [1.54, 1.807) is 6.07 Å². The topological polar surface area (TPSA) is 92.3 Å². The molecule has 0 unspecified atom stereocenters. The third-order valence-electron chi connectivity index (χ3n) is 3.13.